The number of fused-ring (bicyclic) bond motifs is 2. The van der Waals surface area contributed by atoms with Crippen molar-refractivity contribution in [1.82, 2.24) is 25.1 Å². The molecular weight excluding hydrogens is 334 g/mol. The van der Waals surface area contributed by atoms with E-state index in [1.54, 1.807) is 22.2 Å². The van der Waals surface area contributed by atoms with Crippen LogP contribution in [0.15, 0.2) is 36.5 Å². The van der Waals surface area contributed by atoms with E-state index in [0.717, 1.165) is 27.3 Å². The topological polar surface area (TPSA) is 72.7 Å². The number of aryl methyl sites for hydroxylation is 2. The summed E-state index contributed by atoms with van der Waals surface area (Å²) in [6.45, 7) is 2.46. The summed E-state index contributed by atoms with van der Waals surface area (Å²) in [5.74, 6) is -0.126. The zero-order chi connectivity index (χ0) is 17.4. The Kier molecular flexibility index (Phi) is 3.93. The monoisotopic (exact) mass is 351 g/mol. The third kappa shape index (κ3) is 2.98. The predicted molar refractivity (Wildman–Crippen MR) is 98.9 cm³/mol. The third-order valence-corrected chi connectivity index (χ3v) is 5.18. The number of para-hydroxylation sites is 1. The van der Waals surface area contributed by atoms with E-state index in [0.29, 0.717) is 18.5 Å². The van der Waals surface area contributed by atoms with Crippen molar-refractivity contribution >= 4 is 38.5 Å². The Balaban J connectivity index is 1.44. The van der Waals surface area contributed by atoms with Gasteiger partial charge < -0.3 is 5.32 Å². The molecule has 6 nitrogen and oxygen atoms in total. The van der Waals surface area contributed by atoms with Crippen molar-refractivity contribution in [2.24, 2.45) is 7.05 Å². The Morgan fingerprint density at radius 1 is 1.32 bits per heavy atom. The fourth-order valence-corrected chi connectivity index (χ4v) is 3.81. The van der Waals surface area contributed by atoms with Crippen LogP contribution < -0.4 is 5.32 Å². The molecule has 0 aliphatic heterocycles. The number of pyridine rings is 1. The molecule has 4 rings (SSSR count). The molecule has 0 atom stereocenters. The second-order valence-electron chi connectivity index (χ2n) is 5.89. The van der Waals surface area contributed by atoms with Crippen LogP contribution in [-0.4, -0.2) is 32.2 Å². The largest absolute Gasteiger partial charge is 0.352 e. The number of hydrogen-bond acceptors (Lipinski definition) is 5. The van der Waals surface area contributed by atoms with Gasteiger partial charge in [-0.05, 0) is 25.1 Å². The normalized spacial score (nSPS) is 11.3. The Morgan fingerprint density at radius 2 is 2.16 bits per heavy atom. The van der Waals surface area contributed by atoms with Crippen LogP contribution in [0, 0.1) is 6.92 Å². The molecule has 0 aliphatic carbocycles. The van der Waals surface area contributed by atoms with Crippen molar-refractivity contribution in [3.05, 3.63) is 52.8 Å². The number of nitrogens with zero attached hydrogens (tertiary/aromatic N) is 4. The molecule has 0 saturated heterocycles. The van der Waals surface area contributed by atoms with E-state index in [-0.39, 0.29) is 5.91 Å². The van der Waals surface area contributed by atoms with Gasteiger partial charge in [0.25, 0.3) is 5.91 Å². The van der Waals surface area contributed by atoms with E-state index in [4.69, 9.17) is 0 Å². The summed E-state index contributed by atoms with van der Waals surface area (Å²) in [4.78, 5) is 21.3. The standard InChI is InChI=1S/C18H17N5OS/c1-11-13-9-12(10-20-17(13)23(2)22-11)18(24)19-8-7-16-21-14-5-3-4-6-15(14)25-16/h3-6,9-10H,7-8H2,1-2H3,(H,19,24). The lowest BCUT2D eigenvalue weighted by Crippen LogP contribution is -2.25. The summed E-state index contributed by atoms with van der Waals surface area (Å²) in [5, 5.41) is 9.20. The SMILES string of the molecule is Cc1nn(C)c2ncc(C(=O)NCCc3nc4ccccc4s3)cc12. The summed E-state index contributed by atoms with van der Waals surface area (Å²) < 4.78 is 2.89. The zero-order valence-electron chi connectivity index (χ0n) is 14.0. The van der Waals surface area contributed by atoms with Gasteiger partial charge in [0.05, 0.1) is 26.5 Å². The van der Waals surface area contributed by atoms with Crippen molar-refractivity contribution < 1.29 is 4.79 Å². The van der Waals surface area contributed by atoms with Crippen LogP contribution in [0.25, 0.3) is 21.3 Å². The summed E-state index contributed by atoms with van der Waals surface area (Å²) in [6, 6.07) is 9.90. The summed E-state index contributed by atoms with van der Waals surface area (Å²) >= 11 is 1.67. The van der Waals surface area contributed by atoms with Crippen molar-refractivity contribution in [2.75, 3.05) is 6.54 Å². The van der Waals surface area contributed by atoms with Gasteiger partial charge in [0.1, 0.15) is 0 Å². The lowest BCUT2D eigenvalue weighted by Gasteiger charge is -2.04. The fraction of sp³-hybridized carbons (Fsp3) is 0.222. The Hall–Kier alpha value is -2.80. The van der Waals surface area contributed by atoms with Crippen molar-refractivity contribution in [3.63, 3.8) is 0 Å². The van der Waals surface area contributed by atoms with E-state index in [9.17, 15) is 4.79 Å². The van der Waals surface area contributed by atoms with Gasteiger partial charge in [-0.2, -0.15) is 5.10 Å². The molecule has 3 aromatic heterocycles. The minimum Gasteiger partial charge on any atom is -0.352 e. The maximum atomic E-state index is 12.4. The first-order valence-electron chi connectivity index (χ1n) is 8.04. The fourth-order valence-electron chi connectivity index (χ4n) is 2.84. The summed E-state index contributed by atoms with van der Waals surface area (Å²) in [7, 11) is 1.85. The van der Waals surface area contributed by atoms with Gasteiger partial charge in [-0.15, -0.1) is 11.3 Å². The quantitative estimate of drug-likeness (QED) is 0.614. The highest BCUT2D eigenvalue weighted by atomic mass is 32.1. The maximum Gasteiger partial charge on any atom is 0.252 e. The second-order valence-corrected chi connectivity index (χ2v) is 7.00. The Bertz CT molecular complexity index is 1050. The average Bonchev–Trinajstić information content (AvgIpc) is 3.15. The van der Waals surface area contributed by atoms with Crippen LogP contribution in [0.5, 0.6) is 0 Å². The van der Waals surface area contributed by atoms with E-state index >= 15 is 0 Å². The number of carbonyl (C=O) groups excluding carboxylic acids is 1. The van der Waals surface area contributed by atoms with Gasteiger partial charge >= 0.3 is 0 Å². The summed E-state index contributed by atoms with van der Waals surface area (Å²) in [6.07, 6.45) is 2.31. The molecule has 0 aliphatic rings. The lowest BCUT2D eigenvalue weighted by molar-refractivity contribution is 0.0954. The molecule has 1 aromatic carbocycles. The van der Waals surface area contributed by atoms with Gasteiger partial charge in [0, 0.05) is 31.6 Å². The van der Waals surface area contributed by atoms with Crippen LogP contribution >= 0.6 is 11.3 Å². The van der Waals surface area contributed by atoms with E-state index in [2.05, 4.69) is 26.4 Å². The molecule has 0 radical (unpaired) electrons. The molecule has 25 heavy (non-hydrogen) atoms. The average molecular weight is 351 g/mol. The number of aromatic nitrogens is 4. The summed E-state index contributed by atoms with van der Waals surface area (Å²) in [5.41, 5.74) is 3.21. The third-order valence-electron chi connectivity index (χ3n) is 4.09. The van der Waals surface area contributed by atoms with Gasteiger partial charge in [-0.1, -0.05) is 12.1 Å². The van der Waals surface area contributed by atoms with Gasteiger partial charge in [0.15, 0.2) is 5.65 Å². The van der Waals surface area contributed by atoms with E-state index < -0.39 is 0 Å². The number of thiazole rings is 1. The molecule has 1 amide bonds. The van der Waals surface area contributed by atoms with Gasteiger partial charge in [-0.25, -0.2) is 9.97 Å². The van der Waals surface area contributed by atoms with Gasteiger partial charge in [-0.3, -0.25) is 9.48 Å². The number of benzene rings is 1. The van der Waals surface area contributed by atoms with E-state index in [1.165, 1.54) is 4.70 Å². The first kappa shape index (κ1) is 15.7. The minimum atomic E-state index is -0.126. The van der Waals surface area contributed by atoms with Crippen LogP contribution in [0.1, 0.15) is 21.1 Å². The Morgan fingerprint density at radius 3 is 3.00 bits per heavy atom. The first-order chi connectivity index (χ1) is 12.1. The molecular formula is C18H17N5OS. The second kappa shape index (κ2) is 6.25. The number of carbonyl (C=O) groups is 1. The van der Waals surface area contributed by atoms with Crippen molar-refractivity contribution in [1.29, 1.82) is 0 Å². The number of rotatable bonds is 4. The minimum absolute atomic E-state index is 0.126. The van der Waals surface area contributed by atoms with Crippen LogP contribution in [0.3, 0.4) is 0 Å². The molecule has 7 heteroatoms. The highest BCUT2D eigenvalue weighted by molar-refractivity contribution is 7.18. The maximum absolute atomic E-state index is 12.4. The first-order valence-corrected chi connectivity index (χ1v) is 8.85. The Labute approximate surface area is 148 Å². The molecule has 4 aromatic rings. The number of nitrogens with one attached hydrogen (secondary N) is 1. The zero-order valence-corrected chi connectivity index (χ0v) is 14.8. The molecule has 0 spiro atoms. The van der Waals surface area contributed by atoms with Crippen LogP contribution in [0.2, 0.25) is 0 Å². The highest BCUT2D eigenvalue weighted by Crippen LogP contribution is 2.21. The number of hydrogen-bond donors (Lipinski definition) is 1. The van der Waals surface area contributed by atoms with Gasteiger partial charge in [0.2, 0.25) is 0 Å². The molecule has 1 N–H and O–H groups in total. The highest BCUT2D eigenvalue weighted by Gasteiger charge is 2.12. The molecule has 0 fully saturated rings. The molecule has 0 unspecified atom stereocenters. The van der Waals surface area contributed by atoms with Crippen molar-refractivity contribution in [3.8, 4) is 0 Å². The van der Waals surface area contributed by atoms with Crippen molar-refractivity contribution in [2.45, 2.75) is 13.3 Å². The number of amides is 1. The molecule has 126 valence electrons. The predicted octanol–water partition coefficient (Wildman–Crippen LogP) is 2.86. The molecule has 0 saturated carbocycles. The van der Waals surface area contributed by atoms with Crippen LogP contribution in [0.4, 0.5) is 0 Å². The smallest absolute Gasteiger partial charge is 0.252 e. The molecule has 0 bridgehead atoms. The van der Waals surface area contributed by atoms with E-state index in [1.807, 2.05) is 38.2 Å². The molecule has 3 heterocycles. The van der Waals surface area contributed by atoms with Crippen LogP contribution in [-0.2, 0) is 13.5 Å². The lowest BCUT2D eigenvalue weighted by atomic mass is 10.2.